The van der Waals surface area contributed by atoms with Crippen molar-refractivity contribution in [3.05, 3.63) is 59.7 Å². The molecule has 0 spiro atoms. The van der Waals surface area contributed by atoms with Gasteiger partial charge in [-0.2, -0.15) is 11.8 Å². The summed E-state index contributed by atoms with van der Waals surface area (Å²) < 4.78 is 0. The number of nitrogens with one attached hydrogen (secondary N) is 1. The Bertz CT molecular complexity index is 973. The van der Waals surface area contributed by atoms with Gasteiger partial charge in [0.25, 0.3) is 0 Å². The normalized spacial score (nSPS) is 19.5. The number of rotatable bonds is 9. The lowest BCUT2D eigenvalue weighted by Gasteiger charge is -2.35. The number of hydrogen-bond acceptors (Lipinski definition) is 4. The summed E-state index contributed by atoms with van der Waals surface area (Å²) in [6.07, 6.45) is 7.78. The molecule has 1 heterocycles. The highest BCUT2D eigenvalue weighted by atomic mass is 32.2. The number of nitrogens with zero attached hydrogens (tertiary/aromatic N) is 1. The van der Waals surface area contributed by atoms with Crippen LogP contribution in [-0.2, 0) is 16.1 Å². The maximum absolute atomic E-state index is 13.6. The van der Waals surface area contributed by atoms with Crippen LogP contribution in [0.4, 0.5) is 5.69 Å². The van der Waals surface area contributed by atoms with Crippen LogP contribution in [0.5, 0.6) is 0 Å². The predicted octanol–water partition coefficient (Wildman–Crippen LogP) is 6.21. The van der Waals surface area contributed by atoms with E-state index in [4.69, 9.17) is 0 Å². The molecule has 2 amide bonds. The number of anilines is 1. The van der Waals surface area contributed by atoms with Crippen LogP contribution in [0.15, 0.2) is 53.4 Å². The van der Waals surface area contributed by atoms with Gasteiger partial charge >= 0.3 is 0 Å². The molecule has 0 bridgehead atoms. The summed E-state index contributed by atoms with van der Waals surface area (Å²) in [6, 6.07) is 16.3. The standard InChI is InChI=1S/C28H36N2O2S2/c1-20-13-15-22(16-14-20)19-30-24-11-6-7-12-25(24)34-26(28(30)32)21(2)27(31)29-17-8-18-33-23-9-4-3-5-10-23/h6-7,11-16,21,23,26H,3-5,8-10,17-19H2,1-2H3,(H,29,31)/t21-,26+/m0/s1. The number of benzene rings is 2. The van der Waals surface area contributed by atoms with E-state index >= 15 is 0 Å². The molecule has 4 nitrogen and oxygen atoms in total. The second kappa shape index (κ2) is 12.2. The van der Waals surface area contributed by atoms with Crippen molar-refractivity contribution in [2.75, 3.05) is 17.2 Å². The molecule has 0 saturated heterocycles. The Balaban J connectivity index is 1.35. The minimum atomic E-state index is -0.419. The maximum atomic E-state index is 13.6. The Kier molecular flexibility index (Phi) is 9.01. The quantitative estimate of drug-likeness (QED) is 0.419. The van der Waals surface area contributed by atoms with Crippen molar-refractivity contribution in [2.45, 2.75) is 74.3 Å². The molecule has 0 unspecified atom stereocenters. The van der Waals surface area contributed by atoms with Gasteiger partial charge in [-0.1, -0.05) is 68.1 Å². The zero-order valence-electron chi connectivity index (χ0n) is 20.3. The molecule has 6 heteroatoms. The molecule has 0 aromatic heterocycles. The third kappa shape index (κ3) is 6.39. The molecule has 2 aromatic rings. The molecule has 1 N–H and O–H groups in total. The predicted molar refractivity (Wildman–Crippen MR) is 145 cm³/mol. The zero-order valence-corrected chi connectivity index (χ0v) is 21.9. The van der Waals surface area contributed by atoms with E-state index < -0.39 is 11.2 Å². The van der Waals surface area contributed by atoms with Crippen molar-refractivity contribution in [3.63, 3.8) is 0 Å². The van der Waals surface area contributed by atoms with Crippen LogP contribution >= 0.6 is 23.5 Å². The Morgan fingerprint density at radius 3 is 2.62 bits per heavy atom. The van der Waals surface area contributed by atoms with Gasteiger partial charge < -0.3 is 10.2 Å². The minimum absolute atomic E-state index is 0.0137. The van der Waals surface area contributed by atoms with E-state index in [0.717, 1.165) is 33.6 Å². The van der Waals surface area contributed by atoms with E-state index in [2.05, 4.69) is 54.3 Å². The van der Waals surface area contributed by atoms with Crippen LogP contribution in [-0.4, -0.2) is 34.6 Å². The average Bonchev–Trinajstić information content (AvgIpc) is 2.86. The summed E-state index contributed by atoms with van der Waals surface area (Å²) in [4.78, 5) is 29.5. The summed E-state index contributed by atoms with van der Waals surface area (Å²) in [5.74, 6) is 0.689. The van der Waals surface area contributed by atoms with E-state index in [9.17, 15) is 9.59 Å². The highest BCUT2D eigenvalue weighted by molar-refractivity contribution is 8.01. The highest BCUT2D eigenvalue weighted by Gasteiger charge is 2.39. The van der Waals surface area contributed by atoms with Gasteiger partial charge in [0.05, 0.1) is 18.2 Å². The Morgan fingerprint density at radius 1 is 1.12 bits per heavy atom. The first-order valence-electron chi connectivity index (χ1n) is 12.5. The third-order valence-corrected chi connectivity index (χ3v) is 9.70. The Morgan fingerprint density at radius 2 is 1.85 bits per heavy atom. The summed E-state index contributed by atoms with van der Waals surface area (Å²) >= 11 is 3.59. The monoisotopic (exact) mass is 496 g/mol. The summed E-state index contributed by atoms with van der Waals surface area (Å²) in [7, 11) is 0. The topological polar surface area (TPSA) is 49.4 Å². The lowest BCUT2D eigenvalue weighted by atomic mass is 10.0. The maximum Gasteiger partial charge on any atom is 0.241 e. The van der Waals surface area contributed by atoms with Crippen molar-refractivity contribution >= 4 is 41.0 Å². The first-order valence-corrected chi connectivity index (χ1v) is 14.5. The first-order chi connectivity index (χ1) is 16.5. The second-order valence-electron chi connectivity index (χ2n) is 9.48. The number of fused-ring (bicyclic) bond motifs is 1. The summed E-state index contributed by atoms with van der Waals surface area (Å²) in [5.41, 5.74) is 3.22. The van der Waals surface area contributed by atoms with Crippen molar-refractivity contribution < 1.29 is 9.59 Å². The van der Waals surface area contributed by atoms with Crippen molar-refractivity contribution in [2.24, 2.45) is 5.92 Å². The molecule has 2 aliphatic rings. The lowest BCUT2D eigenvalue weighted by molar-refractivity contribution is -0.128. The van der Waals surface area contributed by atoms with Crippen LogP contribution in [0, 0.1) is 12.8 Å². The number of aryl methyl sites for hydroxylation is 1. The van der Waals surface area contributed by atoms with Gasteiger partial charge in [0, 0.05) is 16.7 Å². The molecule has 2 atom stereocenters. The van der Waals surface area contributed by atoms with Crippen LogP contribution in [0.25, 0.3) is 0 Å². The molecule has 1 fully saturated rings. The highest BCUT2D eigenvalue weighted by Crippen LogP contribution is 2.42. The Labute approximate surface area is 212 Å². The number of hydrogen-bond donors (Lipinski definition) is 1. The van der Waals surface area contributed by atoms with Crippen LogP contribution < -0.4 is 10.2 Å². The van der Waals surface area contributed by atoms with Crippen LogP contribution in [0.3, 0.4) is 0 Å². The van der Waals surface area contributed by atoms with Gasteiger partial charge in [0.2, 0.25) is 11.8 Å². The molecule has 1 aliphatic carbocycles. The molecule has 4 rings (SSSR count). The number of carbonyl (C=O) groups excluding carboxylic acids is 2. The van der Waals surface area contributed by atoms with E-state index in [-0.39, 0.29) is 11.8 Å². The van der Waals surface area contributed by atoms with Gasteiger partial charge in [-0.25, -0.2) is 0 Å². The van der Waals surface area contributed by atoms with E-state index in [1.165, 1.54) is 49.4 Å². The number of amides is 2. The molecule has 0 radical (unpaired) electrons. The van der Waals surface area contributed by atoms with E-state index in [1.807, 2.05) is 30.0 Å². The largest absolute Gasteiger partial charge is 0.356 e. The van der Waals surface area contributed by atoms with Gasteiger partial charge in [-0.05, 0) is 49.6 Å². The van der Waals surface area contributed by atoms with Crippen molar-refractivity contribution in [1.82, 2.24) is 5.32 Å². The number of thioether (sulfide) groups is 2. The van der Waals surface area contributed by atoms with Crippen molar-refractivity contribution in [1.29, 1.82) is 0 Å². The second-order valence-corrected chi connectivity index (χ2v) is 12.1. The molecular weight excluding hydrogens is 460 g/mol. The Hall–Kier alpha value is -1.92. The fourth-order valence-corrected chi connectivity index (χ4v) is 7.25. The summed E-state index contributed by atoms with van der Waals surface area (Å²) in [6.45, 7) is 5.14. The molecular formula is C28H36N2O2S2. The summed E-state index contributed by atoms with van der Waals surface area (Å²) in [5, 5.41) is 3.48. The van der Waals surface area contributed by atoms with E-state index in [0.29, 0.717) is 13.1 Å². The average molecular weight is 497 g/mol. The SMILES string of the molecule is Cc1ccc(CN2C(=O)[C@@H]([C@H](C)C(=O)NCCCSC3CCCCC3)Sc3ccccc32)cc1. The molecule has 2 aromatic carbocycles. The number of para-hydroxylation sites is 1. The van der Waals surface area contributed by atoms with E-state index in [1.54, 1.807) is 0 Å². The van der Waals surface area contributed by atoms with Gasteiger partial charge in [0.1, 0.15) is 5.25 Å². The molecule has 182 valence electrons. The van der Waals surface area contributed by atoms with Gasteiger partial charge in [-0.15, -0.1) is 11.8 Å². The van der Waals surface area contributed by atoms with Crippen molar-refractivity contribution in [3.8, 4) is 0 Å². The smallest absolute Gasteiger partial charge is 0.241 e. The fraction of sp³-hybridized carbons (Fsp3) is 0.500. The molecule has 1 saturated carbocycles. The fourth-order valence-electron chi connectivity index (χ4n) is 4.66. The number of carbonyl (C=O) groups is 2. The van der Waals surface area contributed by atoms with Gasteiger partial charge in [0.15, 0.2) is 0 Å². The minimum Gasteiger partial charge on any atom is -0.356 e. The van der Waals surface area contributed by atoms with Crippen LogP contribution in [0.2, 0.25) is 0 Å². The zero-order chi connectivity index (χ0) is 23.9. The van der Waals surface area contributed by atoms with Crippen LogP contribution in [0.1, 0.15) is 56.6 Å². The lowest BCUT2D eigenvalue weighted by Crippen LogP contribution is -2.47. The first kappa shape index (κ1) is 25.2. The molecule has 34 heavy (non-hydrogen) atoms. The van der Waals surface area contributed by atoms with Gasteiger partial charge in [-0.3, -0.25) is 9.59 Å². The molecule has 1 aliphatic heterocycles. The third-order valence-electron chi connectivity index (χ3n) is 6.77.